The normalized spacial score (nSPS) is 23.8. The number of nitrogens with zero attached hydrogens (tertiary/aromatic N) is 4. The Bertz CT molecular complexity index is 1110. The highest BCUT2D eigenvalue weighted by atomic mass is 32.2. The fourth-order valence-electron chi connectivity index (χ4n) is 4.41. The minimum Gasteiger partial charge on any atom is -0.355 e. The van der Waals surface area contributed by atoms with Crippen molar-refractivity contribution in [2.75, 3.05) is 24.5 Å². The van der Waals surface area contributed by atoms with E-state index in [2.05, 4.69) is 18.7 Å². The third kappa shape index (κ3) is 3.67. The lowest BCUT2D eigenvalue weighted by Crippen LogP contribution is -2.40. The van der Waals surface area contributed by atoms with Gasteiger partial charge in [-0.1, -0.05) is 43.9 Å². The van der Waals surface area contributed by atoms with Crippen molar-refractivity contribution < 1.29 is 4.79 Å². The number of aryl methyl sites for hydroxylation is 1. The van der Waals surface area contributed by atoms with Crippen molar-refractivity contribution in [3.8, 4) is 0 Å². The van der Waals surface area contributed by atoms with Crippen LogP contribution in [0, 0.1) is 18.8 Å². The van der Waals surface area contributed by atoms with E-state index in [0.29, 0.717) is 44.6 Å². The number of likely N-dealkylation sites (N-methyl/N-ethyl adjacent to an activating group) is 1. The van der Waals surface area contributed by atoms with Gasteiger partial charge < -0.3 is 4.90 Å². The third-order valence-corrected chi connectivity index (χ3v) is 7.08. The summed E-state index contributed by atoms with van der Waals surface area (Å²) in [6.07, 6.45) is 4.59. The van der Waals surface area contributed by atoms with E-state index in [1.807, 2.05) is 26.0 Å². The summed E-state index contributed by atoms with van der Waals surface area (Å²) in [6, 6.07) is 3.80. The van der Waals surface area contributed by atoms with E-state index in [1.54, 1.807) is 21.6 Å². The molecule has 0 saturated carbocycles. The minimum atomic E-state index is -0.161. The zero-order valence-corrected chi connectivity index (χ0v) is 19.3. The molecule has 30 heavy (non-hydrogen) atoms. The summed E-state index contributed by atoms with van der Waals surface area (Å²) in [5.74, 6) is 1.54. The average molecular weight is 443 g/mol. The Morgan fingerprint density at radius 1 is 1.27 bits per heavy atom. The Kier molecular flexibility index (Phi) is 5.72. The Balaban J connectivity index is 1.92. The van der Waals surface area contributed by atoms with Gasteiger partial charge in [-0.3, -0.25) is 18.9 Å². The summed E-state index contributed by atoms with van der Waals surface area (Å²) in [6.45, 7) is 10.5. The highest BCUT2D eigenvalue weighted by molar-refractivity contribution is 8.26. The molecule has 1 amide bonds. The van der Waals surface area contributed by atoms with Gasteiger partial charge in [0.2, 0.25) is 0 Å². The Hall–Kier alpha value is -2.19. The summed E-state index contributed by atoms with van der Waals surface area (Å²) in [5, 5.41) is 0. The molecule has 2 aliphatic rings. The van der Waals surface area contributed by atoms with Crippen LogP contribution in [-0.2, 0) is 4.79 Å². The zero-order valence-electron chi connectivity index (χ0n) is 17.7. The highest BCUT2D eigenvalue weighted by Gasteiger charge is 2.32. The van der Waals surface area contributed by atoms with Crippen molar-refractivity contribution in [2.45, 2.75) is 34.1 Å². The van der Waals surface area contributed by atoms with E-state index in [9.17, 15) is 9.59 Å². The molecule has 158 valence electrons. The topological polar surface area (TPSA) is 57.9 Å². The van der Waals surface area contributed by atoms with E-state index in [-0.39, 0.29) is 11.5 Å². The first-order chi connectivity index (χ1) is 14.3. The molecule has 6 nitrogen and oxygen atoms in total. The lowest BCUT2D eigenvalue weighted by molar-refractivity contribution is -0.121. The molecule has 2 fully saturated rings. The summed E-state index contributed by atoms with van der Waals surface area (Å²) >= 11 is 6.59. The fraction of sp³-hybridized carbons (Fsp3) is 0.455. The maximum atomic E-state index is 13.5. The van der Waals surface area contributed by atoms with Gasteiger partial charge in [-0.2, -0.15) is 0 Å². The molecule has 2 saturated heterocycles. The number of hydrogen-bond donors (Lipinski definition) is 0. The van der Waals surface area contributed by atoms with Crippen LogP contribution in [0.25, 0.3) is 11.7 Å². The standard InChI is InChI=1S/C22H26N4O2S2/c1-5-25-21(28)17(30-22(25)29)10-16-19(24-11-13(2)9-14(3)12-24)23-18-15(4)7-6-8-26(18)20(16)27/h6-8,10,13-14H,5,9,11-12H2,1-4H3/b17-10-/t13-,14-/m1/s1. The van der Waals surface area contributed by atoms with Crippen molar-refractivity contribution in [3.63, 3.8) is 0 Å². The number of thiocarbonyl (C=S) groups is 1. The molecule has 2 aromatic rings. The van der Waals surface area contributed by atoms with Crippen molar-refractivity contribution in [1.82, 2.24) is 14.3 Å². The van der Waals surface area contributed by atoms with Crippen molar-refractivity contribution in [1.29, 1.82) is 0 Å². The number of anilines is 1. The molecule has 2 aliphatic heterocycles. The molecule has 0 bridgehead atoms. The van der Waals surface area contributed by atoms with Crippen molar-refractivity contribution >= 4 is 51.7 Å². The predicted octanol–water partition coefficient (Wildman–Crippen LogP) is 3.71. The molecule has 8 heteroatoms. The van der Waals surface area contributed by atoms with Crippen LogP contribution in [0.4, 0.5) is 5.82 Å². The number of pyridine rings is 1. The SMILES string of the molecule is CCN1C(=O)/C(=C/c2c(N3C[C@H](C)C[C@@H](C)C3)nc3c(C)cccn3c2=O)SC1=S. The highest BCUT2D eigenvalue weighted by Crippen LogP contribution is 2.34. The lowest BCUT2D eigenvalue weighted by Gasteiger charge is -2.36. The number of amides is 1. The van der Waals surface area contributed by atoms with E-state index in [4.69, 9.17) is 17.2 Å². The first kappa shape index (κ1) is 21.1. The molecule has 2 aromatic heterocycles. The van der Waals surface area contributed by atoms with Crippen LogP contribution in [-0.4, -0.2) is 44.1 Å². The maximum Gasteiger partial charge on any atom is 0.267 e. The average Bonchev–Trinajstić information content (AvgIpc) is 2.96. The predicted molar refractivity (Wildman–Crippen MR) is 127 cm³/mol. The van der Waals surface area contributed by atoms with Crippen LogP contribution in [0.2, 0.25) is 0 Å². The minimum absolute atomic E-state index is 0.146. The number of fused-ring (bicyclic) bond motifs is 1. The molecule has 4 heterocycles. The Morgan fingerprint density at radius 3 is 2.60 bits per heavy atom. The second kappa shape index (κ2) is 8.15. The molecular weight excluding hydrogens is 416 g/mol. The monoisotopic (exact) mass is 442 g/mol. The van der Waals surface area contributed by atoms with Gasteiger partial charge in [0.15, 0.2) is 0 Å². The third-order valence-electron chi connectivity index (χ3n) is 5.70. The molecular formula is C22H26N4O2S2. The molecule has 0 radical (unpaired) electrons. The van der Waals surface area contributed by atoms with E-state index >= 15 is 0 Å². The summed E-state index contributed by atoms with van der Waals surface area (Å²) in [7, 11) is 0. The van der Waals surface area contributed by atoms with Crippen LogP contribution < -0.4 is 10.5 Å². The molecule has 4 rings (SSSR count). The number of aromatic nitrogens is 2. The molecule has 0 spiro atoms. The van der Waals surface area contributed by atoms with Gasteiger partial charge in [0, 0.05) is 25.8 Å². The number of rotatable bonds is 3. The molecule has 2 atom stereocenters. The number of hydrogen-bond acceptors (Lipinski definition) is 6. The van der Waals surface area contributed by atoms with Gasteiger partial charge in [0.25, 0.3) is 11.5 Å². The van der Waals surface area contributed by atoms with Gasteiger partial charge in [0.05, 0.1) is 10.5 Å². The van der Waals surface area contributed by atoms with Gasteiger partial charge >= 0.3 is 0 Å². The van der Waals surface area contributed by atoms with E-state index in [1.165, 1.54) is 11.8 Å². The van der Waals surface area contributed by atoms with Crippen molar-refractivity contribution in [2.24, 2.45) is 11.8 Å². The largest absolute Gasteiger partial charge is 0.355 e. The van der Waals surface area contributed by atoms with Gasteiger partial charge in [-0.05, 0) is 49.8 Å². The number of thioether (sulfide) groups is 1. The molecule has 0 aromatic carbocycles. The number of carbonyl (C=O) groups excluding carboxylic acids is 1. The summed E-state index contributed by atoms with van der Waals surface area (Å²) < 4.78 is 2.10. The second-order valence-corrected chi connectivity index (χ2v) is 9.99. The molecule has 0 unspecified atom stereocenters. The second-order valence-electron chi connectivity index (χ2n) is 8.32. The fourth-order valence-corrected chi connectivity index (χ4v) is 5.77. The van der Waals surface area contributed by atoms with Crippen LogP contribution in [0.5, 0.6) is 0 Å². The summed E-state index contributed by atoms with van der Waals surface area (Å²) in [4.78, 5) is 35.5. The number of piperidine rings is 1. The maximum absolute atomic E-state index is 13.5. The van der Waals surface area contributed by atoms with Crippen LogP contribution in [0.3, 0.4) is 0 Å². The van der Waals surface area contributed by atoms with E-state index < -0.39 is 0 Å². The summed E-state index contributed by atoms with van der Waals surface area (Å²) in [5.41, 5.74) is 1.89. The van der Waals surface area contributed by atoms with Crippen molar-refractivity contribution in [3.05, 3.63) is 44.7 Å². The quantitative estimate of drug-likeness (QED) is 0.534. The van der Waals surface area contributed by atoms with Crippen LogP contribution in [0.15, 0.2) is 28.0 Å². The van der Waals surface area contributed by atoms with Gasteiger partial charge in [-0.15, -0.1) is 0 Å². The van der Waals surface area contributed by atoms with E-state index in [0.717, 1.165) is 25.1 Å². The Morgan fingerprint density at radius 2 is 1.97 bits per heavy atom. The first-order valence-corrected chi connectivity index (χ1v) is 11.5. The van der Waals surface area contributed by atoms with Gasteiger partial charge in [-0.25, -0.2) is 4.98 Å². The van der Waals surface area contributed by atoms with Gasteiger partial charge in [0.1, 0.15) is 15.8 Å². The Labute approximate surface area is 186 Å². The van der Waals surface area contributed by atoms with Crippen LogP contribution >= 0.6 is 24.0 Å². The zero-order chi connectivity index (χ0) is 21.6. The molecule has 0 N–H and O–H groups in total. The first-order valence-electron chi connectivity index (χ1n) is 10.3. The smallest absolute Gasteiger partial charge is 0.267 e. The van der Waals surface area contributed by atoms with Crippen LogP contribution in [0.1, 0.15) is 38.3 Å². The lowest BCUT2D eigenvalue weighted by atomic mass is 9.91. The molecule has 0 aliphatic carbocycles. The number of carbonyl (C=O) groups is 1.